The standard InChI is InChI=1S/C23H22FN7O4/c1-3-34-21-14(6-4-8-25-21)20-28-22(35-29-20)17-7-5-11-30(17)23(32)15-12-19(33-2)16(24)13-18(15)31-26-9-10-27-31/h4,6,8-10,12-13,17H,3,5,7,11H2,1-2H3. The van der Waals surface area contributed by atoms with Crippen molar-refractivity contribution in [2.75, 3.05) is 20.3 Å². The van der Waals surface area contributed by atoms with Crippen molar-refractivity contribution in [3.05, 3.63) is 60.1 Å². The molecule has 1 saturated heterocycles. The van der Waals surface area contributed by atoms with Crippen molar-refractivity contribution < 1.29 is 23.2 Å². The Balaban J connectivity index is 1.49. The van der Waals surface area contributed by atoms with E-state index in [0.29, 0.717) is 42.7 Å². The Morgan fingerprint density at radius 3 is 2.86 bits per heavy atom. The number of ether oxygens (including phenoxy) is 2. The molecule has 0 aliphatic carbocycles. The van der Waals surface area contributed by atoms with Crippen LogP contribution in [0.25, 0.3) is 17.1 Å². The van der Waals surface area contributed by atoms with Gasteiger partial charge in [-0.2, -0.15) is 20.0 Å². The molecule has 1 aromatic carbocycles. The van der Waals surface area contributed by atoms with Crippen LogP contribution in [-0.2, 0) is 0 Å². The van der Waals surface area contributed by atoms with Crippen LogP contribution in [0.3, 0.4) is 0 Å². The molecule has 1 fully saturated rings. The summed E-state index contributed by atoms with van der Waals surface area (Å²) in [6, 6.07) is 5.63. The highest BCUT2D eigenvalue weighted by molar-refractivity contribution is 5.98. The van der Waals surface area contributed by atoms with E-state index in [1.807, 2.05) is 6.92 Å². The minimum Gasteiger partial charge on any atom is -0.494 e. The van der Waals surface area contributed by atoms with Gasteiger partial charge in [0, 0.05) is 18.8 Å². The number of hydrogen-bond acceptors (Lipinski definition) is 9. The summed E-state index contributed by atoms with van der Waals surface area (Å²) in [5.41, 5.74) is 0.986. The molecule has 11 nitrogen and oxygen atoms in total. The van der Waals surface area contributed by atoms with Crippen LogP contribution in [-0.4, -0.2) is 61.2 Å². The Hall–Kier alpha value is -4.35. The van der Waals surface area contributed by atoms with E-state index in [2.05, 4.69) is 25.3 Å². The van der Waals surface area contributed by atoms with Crippen LogP contribution in [0.2, 0.25) is 0 Å². The quantitative estimate of drug-likeness (QED) is 0.393. The minimum atomic E-state index is -0.627. The minimum absolute atomic E-state index is 0.0555. The van der Waals surface area contributed by atoms with Crippen molar-refractivity contribution in [3.63, 3.8) is 0 Å². The number of methoxy groups -OCH3 is 1. The van der Waals surface area contributed by atoms with Crippen molar-refractivity contribution in [2.24, 2.45) is 0 Å². The van der Waals surface area contributed by atoms with Gasteiger partial charge >= 0.3 is 0 Å². The summed E-state index contributed by atoms with van der Waals surface area (Å²) in [6.45, 7) is 2.76. The molecule has 0 radical (unpaired) electrons. The van der Waals surface area contributed by atoms with Crippen LogP contribution in [0.5, 0.6) is 11.6 Å². The smallest absolute Gasteiger partial charge is 0.256 e. The van der Waals surface area contributed by atoms with E-state index in [-0.39, 0.29) is 22.9 Å². The highest BCUT2D eigenvalue weighted by atomic mass is 19.1. The summed E-state index contributed by atoms with van der Waals surface area (Å²) in [5.74, 6) is -0.0195. The van der Waals surface area contributed by atoms with E-state index >= 15 is 0 Å². The zero-order valence-corrected chi connectivity index (χ0v) is 19.1. The van der Waals surface area contributed by atoms with E-state index in [0.717, 1.165) is 6.42 Å². The summed E-state index contributed by atoms with van der Waals surface area (Å²) < 4.78 is 30.7. The van der Waals surface area contributed by atoms with E-state index in [4.69, 9.17) is 14.0 Å². The molecule has 5 rings (SSSR count). The lowest BCUT2D eigenvalue weighted by molar-refractivity contribution is 0.0709. The number of pyridine rings is 1. The summed E-state index contributed by atoms with van der Waals surface area (Å²) in [7, 11) is 1.34. The Morgan fingerprint density at radius 2 is 2.09 bits per heavy atom. The monoisotopic (exact) mass is 479 g/mol. The largest absolute Gasteiger partial charge is 0.494 e. The van der Waals surface area contributed by atoms with Gasteiger partial charge < -0.3 is 18.9 Å². The molecule has 1 aliphatic rings. The molecule has 1 amide bonds. The first-order valence-electron chi connectivity index (χ1n) is 11.1. The van der Waals surface area contributed by atoms with Gasteiger partial charge in [-0.25, -0.2) is 9.37 Å². The summed E-state index contributed by atoms with van der Waals surface area (Å²) in [6.07, 6.45) is 5.88. The van der Waals surface area contributed by atoms with Crippen molar-refractivity contribution in [3.8, 4) is 28.7 Å². The third-order valence-electron chi connectivity index (χ3n) is 5.67. The highest BCUT2D eigenvalue weighted by Gasteiger charge is 2.36. The van der Waals surface area contributed by atoms with Crippen LogP contribution >= 0.6 is 0 Å². The molecule has 1 unspecified atom stereocenters. The normalized spacial score (nSPS) is 15.4. The summed E-state index contributed by atoms with van der Waals surface area (Å²) in [5, 5.41) is 12.2. The zero-order valence-electron chi connectivity index (χ0n) is 19.1. The molecular formula is C23H22FN7O4. The maximum atomic E-state index is 14.5. The van der Waals surface area contributed by atoms with Gasteiger partial charge in [-0.1, -0.05) is 5.16 Å². The number of carbonyl (C=O) groups is 1. The molecule has 0 saturated carbocycles. The van der Waals surface area contributed by atoms with Crippen molar-refractivity contribution in [2.45, 2.75) is 25.8 Å². The van der Waals surface area contributed by atoms with Gasteiger partial charge in [0.05, 0.1) is 37.2 Å². The number of halogens is 1. The lowest BCUT2D eigenvalue weighted by atomic mass is 10.1. The SMILES string of the molecule is CCOc1ncccc1-c1noc(C2CCCN2C(=O)c2cc(OC)c(F)cc2-n2nccn2)n1. The maximum absolute atomic E-state index is 14.5. The van der Waals surface area contributed by atoms with Gasteiger partial charge in [0.2, 0.25) is 17.6 Å². The first-order valence-corrected chi connectivity index (χ1v) is 11.1. The average Bonchev–Trinajstić information content (AvgIpc) is 3.65. The van der Waals surface area contributed by atoms with Crippen LogP contribution in [0, 0.1) is 5.82 Å². The van der Waals surface area contributed by atoms with E-state index in [9.17, 15) is 9.18 Å². The van der Waals surface area contributed by atoms with Gasteiger partial charge in [-0.05, 0) is 38.0 Å². The molecule has 4 heterocycles. The predicted octanol–water partition coefficient (Wildman–Crippen LogP) is 3.24. The molecule has 3 aromatic heterocycles. The van der Waals surface area contributed by atoms with E-state index in [1.54, 1.807) is 23.2 Å². The third-order valence-corrected chi connectivity index (χ3v) is 5.67. The molecule has 4 aromatic rings. The van der Waals surface area contributed by atoms with Crippen molar-refractivity contribution in [1.82, 2.24) is 35.0 Å². The molecule has 12 heteroatoms. The molecular weight excluding hydrogens is 457 g/mol. The number of nitrogens with zero attached hydrogens (tertiary/aromatic N) is 7. The fourth-order valence-corrected chi connectivity index (χ4v) is 4.09. The number of aromatic nitrogens is 6. The topological polar surface area (TPSA) is 121 Å². The molecule has 0 N–H and O–H groups in total. The number of benzene rings is 1. The first kappa shape index (κ1) is 22.4. The third kappa shape index (κ3) is 4.18. The predicted molar refractivity (Wildman–Crippen MR) is 120 cm³/mol. The second-order valence-electron chi connectivity index (χ2n) is 7.72. The highest BCUT2D eigenvalue weighted by Crippen LogP contribution is 2.36. The Kier molecular flexibility index (Phi) is 6.08. The molecule has 180 valence electrons. The van der Waals surface area contributed by atoms with Crippen LogP contribution in [0.15, 0.2) is 47.4 Å². The number of amides is 1. The fraction of sp³-hybridized carbons (Fsp3) is 0.304. The van der Waals surface area contributed by atoms with Crippen molar-refractivity contribution >= 4 is 5.91 Å². The maximum Gasteiger partial charge on any atom is 0.256 e. The van der Waals surface area contributed by atoms with Crippen LogP contribution in [0.1, 0.15) is 42.1 Å². The van der Waals surface area contributed by atoms with Gasteiger partial charge in [0.1, 0.15) is 11.7 Å². The fourth-order valence-electron chi connectivity index (χ4n) is 4.09. The average molecular weight is 479 g/mol. The number of hydrogen-bond donors (Lipinski definition) is 0. The Morgan fingerprint density at radius 1 is 1.26 bits per heavy atom. The second kappa shape index (κ2) is 9.49. The molecule has 35 heavy (non-hydrogen) atoms. The Bertz CT molecular complexity index is 1340. The second-order valence-corrected chi connectivity index (χ2v) is 7.72. The van der Waals surface area contributed by atoms with E-state index in [1.165, 1.54) is 36.4 Å². The number of likely N-dealkylation sites (tertiary alicyclic amines) is 1. The first-order chi connectivity index (χ1) is 17.1. The van der Waals surface area contributed by atoms with Gasteiger partial charge in [0.15, 0.2) is 11.6 Å². The van der Waals surface area contributed by atoms with Crippen LogP contribution < -0.4 is 9.47 Å². The summed E-state index contributed by atoms with van der Waals surface area (Å²) in [4.78, 5) is 25.3. The lowest BCUT2D eigenvalue weighted by Crippen LogP contribution is -2.31. The van der Waals surface area contributed by atoms with Crippen molar-refractivity contribution in [1.29, 1.82) is 0 Å². The van der Waals surface area contributed by atoms with Gasteiger partial charge in [-0.15, -0.1) is 0 Å². The molecule has 1 atom stereocenters. The van der Waals surface area contributed by atoms with Gasteiger partial charge in [-0.3, -0.25) is 4.79 Å². The number of carbonyl (C=O) groups excluding carboxylic acids is 1. The molecule has 0 spiro atoms. The molecule has 0 bridgehead atoms. The van der Waals surface area contributed by atoms with Gasteiger partial charge in [0.25, 0.3) is 5.91 Å². The van der Waals surface area contributed by atoms with Crippen LogP contribution in [0.4, 0.5) is 4.39 Å². The lowest BCUT2D eigenvalue weighted by Gasteiger charge is -2.23. The zero-order chi connectivity index (χ0) is 24.4. The Labute approximate surface area is 199 Å². The summed E-state index contributed by atoms with van der Waals surface area (Å²) >= 11 is 0. The molecule has 1 aliphatic heterocycles. The van der Waals surface area contributed by atoms with E-state index < -0.39 is 11.9 Å². The number of rotatable bonds is 7.